The highest BCUT2D eigenvalue weighted by atomic mass is 35.5. The number of rotatable bonds is 23. The van der Waals surface area contributed by atoms with E-state index in [9.17, 15) is 0 Å². The molecule has 2 bridgehead atoms. The summed E-state index contributed by atoms with van der Waals surface area (Å²) in [6, 6.07) is 17.9. The van der Waals surface area contributed by atoms with Crippen molar-refractivity contribution in [3.63, 3.8) is 0 Å². The Balaban J connectivity index is 0.627. The minimum absolute atomic E-state index is 0.0504. The van der Waals surface area contributed by atoms with Crippen molar-refractivity contribution < 1.29 is 52.5 Å². The predicted octanol–water partition coefficient (Wildman–Crippen LogP) is 17.7. The first-order valence-electron chi connectivity index (χ1n) is 35.8. The summed E-state index contributed by atoms with van der Waals surface area (Å²) >= 11 is 19.2. The third-order valence-corrected chi connectivity index (χ3v) is 24.6. The van der Waals surface area contributed by atoms with E-state index in [4.69, 9.17) is 84.0 Å². The van der Waals surface area contributed by atoms with Gasteiger partial charge in [-0.05, 0) is 195 Å². The van der Waals surface area contributed by atoms with Crippen LogP contribution in [0.25, 0.3) is 0 Å². The van der Waals surface area contributed by atoms with E-state index in [1.807, 2.05) is 13.8 Å². The second-order valence-electron chi connectivity index (χ2n) is 30.1. The van der Waals surface area contributed by atoms with Gasteiger partial charge in [-0.15, -0.1) is 0 Å². The van der Waals surface area contributed by atoms with Crippen molar-refractivity contribution in [1.82, 2.24) is 5.32 Å². The van der Waals surface area contributed by atoms with E-state index in [0.29, 0.717) is 47.1 Å². The minimum atomic E-state index is -0.812. The average Bonchev–Trinajstić information content (AvgIpc) is 1.07. The highest BCUT2D eigenvalue weighted by Gasteiger charge is 2.70. The van der Waals surface area contributed by atoms with Gasteiger partial charge in [-0.2, -0.15) is 4.58 Å². The molecule has 15 atom stereocenters. The lowest BCUT2D eigenvalue weighted by atomic mass is 9.58. The summed E-state index contributed by atoms with van der Waals surface area (Å²) in [6.07, 6.45) is 28.9. The Morgan fingerprint density at radius 3 is 2.24 bits per heavy atom. The fourth-order valence-corrected chi connectivity index (χ4v) is 19.2. The lowest BCUT2D eigenvalue weighted by molar-refractivity contribution is -0.576. The summed E-state index contributed by atoms with van der Waals surface area (Å²) in [5.41, 5.74) is 8.84. The van der Waals surface area contributed by atoms with E-state index in [1.165, 1.54) is 45.1 Å². The van der Waals surface area contributed by atoms with Crippen LogP contribution in [-0.4, -0.2) is 95.5 Å². The van der Waals surface area contributed by atoms with E-state index in [2.05, 4.69) is 143 Å². The Bertz CT molecular complexity index is 3140. The molecule has 11 aliphatic rings. The van der Waals surface area contributed by atoms with Crippen molar-refractivity contribution >= 4 is 63.3 Å². The number of thiocarbonyl (C=S) groups is 2. The number of nitrogens with one attached hydrogen (secondary N) is 1. The maximum atomic E-state index is 7.51. The number of anilines is 1. The Morgan fingerprint density at radius 2 is 1.41 bits per heavy atom. The van der Waals surface area contributed by atoms with Crippen LogP contribution in [0, 0.1) is 47.3 Å². The summed E-state index contributed by atoms with van der Waals surface area (Å²) < 4.78 is 41.7. The zero-order valence-electron chi connectivity index (χ0n) is 56.9. The topological polar surface area (TPSA) is 111 Å². The van der Waals surface area contributed by atoms with Crippen molar-refractivity contribution in [1.29, 1.82) is 0 Å². The van der Waals surface area contributed by atoms with Gasteiger partial charge in [0.1, 0.15) is 6.54 Å². The molecule has 3 aliphatic carbocycles. The maximum absolute atomic E-state index is 7.51. The molecule has 0 aromatic heterocycles. The lowest BCUT2D eigenvalue weighted by Crippen LogP contribution is -2.70. The van der Waals surface area contributed by atoms with Crippen LogP contribution in [0.1, 0.15) is 215 Å². The standard InChI is InChI=1S/C76H106ClN3O10S2/c1-11-82-89-75-55-31-26-48-81-69(75)84-68(52(5)57(75)39-35-49(55)2)86-71(92)78-45-22-14-16-24-47-80-62-33-21-19-30-60(62)73(8,9)64(80)42-38-54-28-25-27-53(66(54)77)37-41-63-72(6,7)59-29-18-20-32-61(59)79(63)46-23-15-12-13-17-34-65(91)83-67-51(4)58-40-36-50(3)56-43-44-74(10)87-70(85-67)76(56,58)90-88-74/h18-21,29-30,32-33,37-38,41-42,49-52,55-58,67-70H,11-17,22-28,31,34-36,39-40,43-48H2,1-10H3/p+1/t49-,50-,51-,52-,55+,56+,57+,58+,67?,68?,69+,70-,74-,75-,76-/m0/s1. The van der Waals surface area contributed by atoms with Gasteiger partial charge in [0.2, 0.25) is 24.1 Å². The van der Waals surface area contributed by atoms with Crippen LogP contribution in [0.4, 0.5) is 11.4 Å². The number of halogens is 1. The Labute approximate surface area is 565 Å². The van der Waals surface area contributed by atoms with Crippen LogP contribution in [-0.2, 0) is 58.8 Å². The molecule has 1 spiro atoms. The van der Waals surface area contributed by atoms with Gasteiger partial charge in [-0.3, -0.25) is 0 Å². The molecule has 0 radical (unpaired) electrons. The number of allylic oxidation sites excluding steroid dienone is 8. The van der Waals surface area contributed by atoms with Crippen LogP contribution < -0.4 is 10.2 Å². The number of nitrogens with zero attached hydrogens (tertiary/aromatic N) is 2. The largest absolute Gasteiger partial charge is 0.458 e. The fraction of sp³-hybridized carbons (Fsp3) is 0.697. The maximum Gasteiger partial charge on any atom is 0.258 e. The monoisotopic (exact) mass is 1320 g/mol. The van der Waals surface area contributed by atoms with Crippen LogP contribution >= 0.6 is 36.0 Å². The highest BCUT2D eigenvalue weighted by molar-refractivity contribution is 7.80. The Hall–Kier alpha value is -3.58. The summed E-state index contributed by atoms with van der Waals surface area (Å²) in [5, 5.41) is 5.29. The summed E-state index contributed by atoms with van der Waals surface area (Å²) in [6.45, 7) is 26.3. The predicted molar refractivity (Wildman–Crippen MR) is 370 cm³/mol. The molecule has 8 heterocycles. The van der Waals surface area contributed by atoms with Gasteiger partial charge >= 0.3 is 0 Å². The van der Waals surface area contributed by atoms with Crippen molar-refractivity contribution in [3.8, 4) is 0 Å². The van der Waals surface area contributed by atoms with Gasteiger partial charge in [0.25, 0.3) is 5.17 Å². The molecule has 2 unspecified atom stereocenters. The number of para-hydroxylation sites is 2. The van der Waals surface area contributed by atoms with E-state index >= 15 is 0 Å². The molecule has 92 heavy (non-hydrogen) atoms. The van der Waals surface area contributed by atoms with Gasteiger partial charge in [0, 0.05) is 102 Å². The number of fused-ring (bicyclic) bond motifs is 4. The normalized spacial score (nSPS) is 36.0. The Kier molecular flexibility index (Phi) is 21.4. The van der Waals surface area contributed by atoms with Gasteiger partial charge in [-0.1, -0.05) is 127 Å². The number of ether oxygens (including phenoxy) is 6. The van der Waals surface area contributed by atoms with E-state index in [1.54, 1.807) is 0 Å². The van der Waals surface area contributed by atoms with Crippen LogP contribution in [0.2, 0.25) is 0 Å². The van der Waals surface area contributed by atoms with Gasteiger partial charge < -0.3 is 38.6 Å². The molecule has 8 aliphatic heterocycles. The molecule has 13 nitrogen and oxygen atoms in total. The molecular formula is C76H107ClN3O10S2+. The molecule has 504 valence electrons. The second kappa shape index (κ2) is 28.9. The average molecular weight is 1320 g/mol. The molecule has 16 heteroatoms. The molecule has 8 fully saturated rings. The third-order valence-electron chi connectivity index (χ3n) is 23.6. The number of unbranched alkanes of at least 4 members (excludes halogenated alkanes) is 7. The van der Waals surface area contributed by atoms with Gasteiger partial charge in [0.05, 0.1) is 12.0 Å². The third kappa shape index (κ3) is 13.2. The second-order valence-corrected chi connectivity index (χ2v) is 31.3. The van der Waals surface area contributed by atoms with E-state index in [-0.39, 0.29) is 34.5 Å². The first-order valence-corrected chi connectivity index (χ1v) is 37.0. The smallest absolute Gasteiger partial charge is 0.258 e. The fourth-order valence-electron chi connectivity index (χ4n) is 18.5. The van der Waals surface area contributed by atoms with Gasteiger partial charge in [0.15, 0.2) is 34.5 Å². The molecule has 6 saturated heterocycles. The first kappa shape index (κ1) is 68.4. The molecule has 1 N–H and O–H groups in total. The summed E-state index contributed by atoms with van der Waals surface area (Å²) in [4.78, 5) is 27.1. The highest BCUT2D eigenvalue weighted by Crippen LogP contribution is 2.61. The first-order chi connectivity index (χ1) is 44.3. The zero-order valence-corrected chi connectivity index (χ0v) is 59.3. The van der Waals surface area contributed by atoms with Crippen LogP contribution in [0.5, 0.6) is 0 Å². The molecular weight excluding hydrogens is 1210 g/mol. The SMILES string of the molecule is CCOO[C@@]12[C@@H]3OCCC[C@@H]1[C@@H](C)CC[C@@H]2[C@H](C)C(OC(=S)NCCCCCCN1C(=CC=C2CCCC(C=CC4=[N+](CCCCCCCC(=S)OC5O[C@H]6O[C@]7(C)CC[C@@H]8[C@@H](C)CC[C@H]([C@@H]5C)[C@]68OO7)c5ccccc5C4(C)C)=C2Cl)C(C)(C)c2ccccc21)O3. The molecule has 0 amide bonds. The van der Waals surface area contributed by atoms with Crippen LogP contribution in [0.15, 0.2) is 94.7 Å². The minimum Gasteiger partial charge on any atom is -0.458 e. The Morgan fingerprint density at radius 1 is 0.707 bits per heavy atom. The number of hydrogen-bond acceptors (Lipinski definition) is 13. The molecule has 2 saturated carbocycles. The van der Waals surface area contributed by atoms with Crippen molar-refractivity contribution in [3.05, 3.63) is 106 Å². The molecule has 13 rings (SSSR count). The number of hydrogen-bond donors (Lipinski definition) is 1. The van der Waals surface area contributed by atoms with Crippen molar-refractivity contribution in [2.24, 2.45) is 47.3 Å². The molecule has 2 aromatic carbocycles. The van der Waals surface area contributed by atoms with Crippen molar-refractivity contribution in [2.75, 3.05) is 37.7 Å². The van der Waals surface area contributed by atoms with Gasteiger partial charge in [-0.25, -0.2) is 19.6 Å². The quantitative estimate of drug-likeness (QED) is 0.0375. The van der Waals surface area contributed by atoms with E-state index < -0.39 is 42.1 Å². The summed E-state index contributed by atoms with van der Waals surface area (Å²) in [5.74, 6) is 1.35. The van der Waals surface area contributed by atoms with Crippen molar-refractivity contribution in [2.45, 2.75) is 257 Å². The van der Waals surface area contributed by atoms with Crippen LogP contribution in [0.3, 0.4) is 0 Å². The number of benzene rings is 2. The lowest BCUT2D eigenvalue weighted by Gasteiger charge is -2.60. The molecule has 2 aromatic rings. The van der Waals surface area contributed by atoms with E-state index in [0.717, 1.165) is 160 Å². The zero-order chi connectivity index (χ0) is 64.6. The summed E-state index contributed by atoms with van der Waals surface area (Å²) in [7, 11) is 0.